The minimum absolute atomic E-state index is 0.0339. The van der Waals surface area contributed by atoms with Crippen LogP contribution >= 0.6 is 0 Å². The number of nitrogens with zero attached hydrogens (tertiary/aromatic N) is 2. The number of rotatable bonds is 4. The van der Waals surface area contributed by atoms with Gasteiger partial charge in [0.05, 0.1) is 0 Å². The summed E-state index contributed by atoms with van der Waals surface area (Å²) < 4.78 is 0. The summed E-state index contributed by atoms with van der Waals surface area (Å²) in [7, 11) is 5.99. The zero-order valence-electron chi connectivity index (χ0n) is 12.8. The summed E-state index contributed by atoms with van der Waals surface area (Å²) in [5.74, 6) is 0.142. The molecule has 0 bridgehead atoms. The topological polar surface area (TPSA) is 43.8 Å². The first kappa shape index (κ1) is 14.9. The predicted octanol–water partition coefficient (Wildman–Crippen LogP) is 2.26. The van der Waals surface area contributed by atoms with Crippen LogP contribution in [-0.4, -0.2) is 54.0 Å². The van der Waals surface area contributed by atoms with Gasteiger partial charge < -0.3 is 14.9 Å². The molecule has 20 heavy (non-hydrogen) atoms. The van der Waals surface area contributed by atoms with Crippen LogP contribution in [0.1, 0.15) is 35.2 Å². The highest BCUT2D eigenvalue weighted by molar-refractivity contribution is 5.94. The van der Waals surface area contributed by atoms with Gasteiger partial charge in [-0.15, -0.1) is 0 Å². The molecule has 0 spiro atoms. The molecule has 1 amide bonds. The van der Waals surface area contributed by atoms with Crippen LogP contribution in [0.4, 0.5) is 0 Å². The fraction of sp³-hybridized carbons (Fsp3) is 0.562. The molecule has 4 nitrogen and oxygen atoms in total. The SMILES string of the molecule is Cc1ccc(C(=O)N(C)CC2(N(C)C)CCC2)cc1O. The van der Waals surface area contributed by atoms with E-state index in [1.165, 1.54) is 6.42 Å². The van der Waals surface area contributed by atoms with Gasteiger partial charge in [0.25, 0.3) is 5.91 Å². The number of carbonyl (C=O) groups is 1. The predicted molar refractivity (Wildman–Crippen MR) is 80.1 cm³/mol. The molecular formula is C16H24N2O2. The molecule has 0 aliphatic heterocycles. The summed E-state index contributed by atoms with van der Waals surface area (Å²) in [6.45, 7) is 2.55. The lowest BCUT2D eigenvalue weighted by Gasteiger charge is -2.49. The molecule has 1 aliphatic carbocycles. The van der Waals surface area contributed by atoms with Crippen molar-refractivity contribution in [1.29, 1.82) is 0 Å². The van der Waals surface area contributed by atoms with Crippen LogP contribution in [0.15, 0.2) is 18.2 Å². The van der Waals surface area contributed by atoms with E-state index in [1.807, 2.05) is 14.0 Å². The molecule has 4 heteroatoms. The molecule has 2 rings (SSSR count). The molecule has 0 radical (unpaired) electrons. The number of benzene rings is 1. The number of aryl methyl sites for hydroxylation is 1. The van der Waals surface area contributed by atoms with E-state index in [0.29, 0.717) is 5.56 Å². The van der Waals surface area contributed by atoms with Gasteiger partial charge >= 0.3 is 0 Å². The summed E-state index contributed by atoms with van der Waals surface area (Å²) in [6.07, 6.45) is 3.50. The molecule has 0 saturated heterocycles. The van der Waals surface area contributed by atoms with Gasteiger partial charge in [-0.1, -0.05) is 6.07 Å². The van der Waals surface area contributed by atoms with Gasteiger partial charge in [0.15, 0.2) is 0 Å². The highest BCUT2D eigenvalue weighted by Gasteiger charge is 2.40. The fourth-order valence-electron chi connectivity index (χ4n) is 2.81. The van der Waals surface area contributed by atoms with Gasteiger partial charge in [-0.2, -0.15) is 0 Å². The fourth-order valence-corrected chi connectivity index (χ4v) is 2.81. The third-order valence-electron chi connectivity index (χ3n) is 4.57. The van der Waals surface area contributed by atoms with Crippen molar-refractivity contribution in [2.45, 2.75) is 31.7 Å². The Morgan fingerprint density at radius 2 is 1.95 bits per heavy atom. The minimum Gasteiger partial charge on any atom is -0.508 e. The van der Waals surface area contributed by atoms with E-state index in [4.69, 9.17) is 0 Å². The van der Waals surface area contributed by atoms with Gasteiger partial charge in [0, 0.05) is 24.7 Å². The second kappa shape index (κ2) is 5.44. The zero-order valence-corrected chi connectivity index (χ0v) is 12.8. The molecule has 0 atom stereocenters. The summed E-state index contributed by atoms with van der Waals surface area (Å²) in [5, 5.41) is 9.73. The van der Waals surface area contributed by atoms with E-state index >= 15 is 0 Å². The second-order valence-corrected chi connectivity index (χ2v) is 6.13. The van der Waals surface area contributed by atoms with Crippen molar-refractivity contribution in [1.82, 2.24) is 9.80 Å². The molecule has 1 aliphatic rings. The van der Waals surface area contributed by atoms with E-state index in [-0.39, 0.29) is 17.2 Å². The number of carbonyl (C=O) groups excluding carboxylic acids is 1. The Hall–Kier alpha value is -1.55. The first-order valence-electron chi connectivity index (χ1n) is 7.08. The Bertz CT molecular complexity index is 507. The number of hydrogen-bond donors (Lipinski definition) is 1. The van der Waals surface area contributed by atoms with E-state index in [9.17, 15) is 9.90 Å². The number of likely N-dealkylation sites (N-methyl/N-ethyl adjacent to an activating group) is 2. The molecule has 0 aromatic heterocycles. The van der Waals surface area contributed by atoms with E-state index in [0.717, 1.165) is 24.9 Å². The van der Waals surface area contributed by atoms with Crippen molar-refractivity contribution in [2.75, 3.05) is 27.7 Å². The standard InChI is InChI=1S/C16H24N2O2/c1-12-6-7-13(10-14(12)19)15(20)18(4)11-16(17(2)3)8-5-9-16/h6-7,10,19H,5,8-9,11H2,1-4H3. The maximum Gasteiger partial charge on any atom is 0.253 e. The molecule has 110 valence electrons. The molecule has 1 saturated carbocycles. The number of phenolic OH excluding ortho intramolecular Hbond substituents is 1. The zero-order chi connectivity index (χ0) is 14.9. The molecule has 1 fully saturated rings. The number of amides is 1. The Balaban J connectivity index is 2.10. The van der Waals surface area contributed by atoms with Crippen molar-refractivity contribution in [3.05, 3.63) is 29.3 Å². The number of hydrogen-bond acceptors (Lipinski definition) is 3. The number of aromatic hydroxyl groups is 1. The van der Waals surface area contributed by atoms with Gasteiger partial charge in [-0.25, -0.2) is 0 Å². The maximum absolute atomic E-state index is 12.4. The largest absolute Gasteiger partial charge is 0.508 e. The summed E-state index contributed by atoms with van der Waals surface area (Å²) >= 11 is 0. The van der Waals surface area contributed by atoms with Gasteiger partial charge in [0.1, 0.15) is 5.75 Å². The molecule has 0 heterocycles. The normalized spacial score (nSPS) is 16.9. The van der Waals surface area contributed by atoms with Crippen molar-refractivity contribution < 1.29 is 9.90 Å². The summed E-state index contributed by atoms with van der Waals surface area (Å²) in [6, 6.07) is 5.11. The first-order valence-corrected chi connectivity index (χ1v) is 7.08. The molecular weight excluding hydrogens is 252 g/mol. The van der Waals surface area contributed by atoms with Crippen LogP contribution in [0.25, 0.3) is 0 Å². The van der Waals surface area contributed by atoms with Gasteiger partial charge in [-0.05, 0) is 58.0 Å². The van der Waals surface area contributed by atoms with Crippen LogP contribution in [0, 0.1) is 6.92 Å². The third kappa shape index (κ3) is 2.66. The van der Waals surface area contributed by atoms with Crippen LogP contribution < -0.4 is 0 Å². The summed E-state index contributed by atoms with van der Waals surface area (Å²) in [5.41, 5.74) is 1.45. The van der Waals surface area contributed by atoms with Crippen molar-refractivity contribution >= 4 is 5.91 Å². The third-order valence-corrected chi connectivity index (χ3v) is 4.57. The van der Waals surface area contributed by atoms with Crippen LogP contribution in [0.5, 0.6) is 5.75 Å². The van der Waals surface area contributed by atoms with Gasteiger partial charge in [-0.3, -0.25) is 4.79 Å². The van der Waals surface area contributed by atoms with Crippen LogP contribution in [0.3, 0.4) is 0 Å². The smallest absolute Gasteiger partial charge is 0.253 e. The lowest BCUT2D eigenvalue weighted by atomic mass is 9.75. The second-order valence-electron chi connectivity index (χ2n) is 6.13. The number of phenols is 1. The Kier molecular flexibility index (Phi) is 4.04. The molecule has 1 N–H and O–H groups in total. The molecule has 1 aromatic rings. The quantitative estimate of drug-likeness (QED) is 0.917. The first-order chi connectivity index (χ1) is 9.35. The van der Waals surface area contributed by atoms with E-state index < -0.39 is 0 Å². The van der Waals surface area contributed by atoms with Crippen molar-refractivity contribution in [2.24, 2.45) is 0 Å². The molecule has 0 unspecified atom stereocenters. The highest BCUT2D eigenvalue weighted by Crippen LogP contribution is 2.36. The lowest BCUT2D eigenvalue weighted by Crippen LogP contribution is -2.57. The highest BCUT2D eigenvalue weighted by atomic mass is 16.3. The lowest BCUT2D eigenvalue weighted by molar-refractivity contribution is 0.0252. The Morgan fingerprint density at radius 3 is 2.40 bits per heavy atom. The average molecular weight is 276 g/mol. The van der Waals surface area contributed by atoms with Crippen molar-refractivity contribution in [3.63, 3.8) is 0 Å². The summed E-state index contributed by atoms with van der Waals surface area (Å²) in [4.78, 5) is 16.4. The Morgan fingerprint density at radius 1 is 1.30 bits per heavy atom. The van der Waals surface area contributed by atoms with E-state index in [1.54, 1.807) is 23.1 Å². The van der Waals surface area contributed by atoms with Crippen LogP contribution in [-0.2, 0) is 0 Å². The average Bonchev–Trinajstić information content (AvgIpc) is 2.35. The maximum atomic E-state index is 12.4. The minimum atomic E-state index is -0.0339. The Labute approximate surface area is 121 Å². The van der Waals surface area contributed by atoms with Gasteiger partial charge in [0.2, 0.25) is 0 Å². The van der Waals surface area contributed by atoms with E-state index in [2.05, 4.69) is 19.0 Å². The van der Waals surface area contributed by atoms with Crippen molar-refractivity contribution in [3.8, 4) is 5.75 Å². The monoisotopic (exact) mass is 276 g/mol. The van der Waals surface area contributed by atoms with Crippen LogP contribution in [0.2, 0.25) is 0 Å². The molecule has 1 aromatic carbocycles.